The summed E-state index contributed by atoms with van der Waals surface area (Å²) in [4.78, 5) is 23.7. The molecule has 3 aromatic carbocycles. The molecule has 1 saturated heterocycles. The number of hydrogen-bond acceptors (Lipinski definition) is 6. The average molecular weight is 505 g/mol. The number of rotatable bonds is 5. The fourth-order valence-electron chi connectivity index (χ4n) is 5.00. The van der Waals surface area contributed by atoms with Crippen LogP contribution in [0.1, 0.15) is 23.6 Å². The van der Waals surface area contributed by atoms with Crippen LogP contribution in [-0.4, -0.2) is 55.2 Å². The minimum atomic E-state index is -0.863. The van der Waals surface area contributed by atoms with Crippen molar-refractivity contribution in [2.24, 2.45) is 4.99 Å². The van der Waals surface area contributed by atoms with Gasteiger partial charge in [0, 0.05) is 42.5 Å². The van der Waals surface area contributed by atoms with Crippen molar-refractivity contribution in [1.29, 1.82) is 0 Å². The molecule has 8 heteroatoms. The third kappa shape index (κ3) is 4.71. The number of carboxylic acid groups (broad SMARTS) is 1. The number of guanidine groups is 1. The van der Waals surface area contributed by atoms with Gasteiger partial charge in [-0.2, -0.15) is 0 Å². The molecule has 0 aromatic heterocycles. The van der Waals surface area contributed by atoms with Crippen molar-refractivity contribution in [3.63, 3.8) is 0 Å². The van der Waals surface area contributed by atoms with Gasteiger partial charge in [-0.15, -0.1) is 0 Å². The molecule has 0 saturated carbocycles. The molecule has 0 aliphatic carbocycles. The van der Waals surface area contributed by atoms with Crippen molar-refractivity contribution < 1.29 is 14.6 Å². The Morgan fingerprint density at radius 1 is 1.03 bits per heavy atom. The van der Waals surface area contributed by atoms with Gasteiger partial charge in [0.25, 0.3) is 0 Å². The number of benzene rings is 3. The lowest BCUT2D eigenvalue weighted by atomic mass is 9.97. The summed E-state index contributed by atoms with van der Waals surface area (Å²) in [7, 11) is 1.64. The van der Waals surface area contributed by atoms with E-state index in [1.165, 1.54) is 0 Å². The summed E-state index contributed by atoms with van der Waals surface area (Å²) >= 11 is 6.23. The standard InChI is InChI=1S/C28H29ClN4O3/c1-19-10-11-26(36-2)25(16-19)33-24(18-27(34)35)22-8-3-4-9-23(22)30-28(33)32-14-12-31(13-15-32)21-7-5-6-20(29)17-21/h3-11,16-17,24H,12-15,18H2,1-2H3,(H,34,35). The van der Waals surface area contributed by atoms with Crippen LogP contribution in [0.5, 0.6) is 5.75 Å². The van der Waals surface area contributed by atoms with Crippen LogP contribution in [0.15, 0.2) is 71.7 Å². The van der Waals surface area contributed by atoms with Crippen molar-refractivity contribution >= 4 is 40.6 Å². The van der Waals surface area contributed by atoms with Gasteiger partial charge < -0.3 is 24.5 Å². The van der Waals surface area contributed by atoms with Crippen LogP contribution in [0.3, 0.4) is 0 Å². The summed E-state index contributed by atoms with van der Waals surface area (Å²) in [5, 5.41) is 10.6. The molecule has 0 amide bonds. The Hall–Kier alpha value is -3.71. The quantitative estimate of drug-likeness (QED) is 0.494. The Morgan fingerprint density at radius 3 is 2.50 bits per heavy atom. The van der Waals surface area contributed by atoms with Crippen LogP contribution in [-0.2, 0) is 4.79 Å². The van der Waals surface area contributed by atoms with E-state index < -0.39 is 12.0 Å². The van der Waals surface area contributed by atoms with Gasteiger partial charge >= 0.3 is 5.97 Å². The Kier molecular flexibility index (Phi) is 6.74. The van der Waals surface area contributed by atoms with Gasteiger partial charge in [-0.3, -0.25) is 4.79 Å². The second-order valence-electron chi connectivity index (χ2n) is 9.08. The number of aliphatic carboxylic acids is 1. The van der Waals surface area contributed by atoms with Gasteiger partial charge in [0.05, 0.1) is 30.9 Å². The maximum atomic E-state index is 12.1. The van der Waals surface area contributed by atoms with E-state index in [0.29, 0.717) is 5.75 Å². The fourth-order valence-corrected chi connectivity index (χ4v) is 5.19. The topological polar surface area (TPSA) is 68.6 Å². The molecule has 186 valence electrons. The zero-order valence-electron chi connectivity index (χ0n) is 20.4. The molecule has 1 N–H and O–H groups in total. The Morgan fingerprint density at radius 2 is 1.78 bits per heavy atom. The molecule has 0 radical (unpaired) electrons. The number of ether oxygens (including phenoxy) is 1. The van der Waals surface area contributed by atoms with E-state index in [1.807, 2.05) is 67.6 Å². The number of aryl methyl sites for hydroxylation is 1. The number of anilines is 2. The van der Waals surface area contributed by atoms with Crippen molar-refractivity contribution in [3.05, 3.63) is 82.9 Å². The number of carbonyl (C=O) groups is 1. The van der Waals surface area contributed by atoms with E-state index in [0.717, 1.165) is 65.4 Å². The first-order chi connectivity index (χ1) is 17.4. The largest absolute Gasteiger partial charge is 0.495 e. The number of methoxy groups -OCH3 is 1. The summed E-state index contributed by atoms with van der Waals surface area (Å²) in [6.45, 7) is 5.08. The molecule has 36 heavy (non-hydrogen) atoms. The van der Waals surface area contributed by atoms with Crippen LogP contribution in [0, 0.1) is 6.92 Å². The van der Waals surface area contributed by atoms with Crippen LogP contribution in [0.4, 0.5) is 17.1 Å². The number of para-hydroxylation sites is 1. The van der Waals surface area contributed by atoms with Crippen molar-refractivity contribution in [2.45, 2.75) is 19.4 Å². The summed E-state index contributed by atoms with van der Waals surface area (Å²) in [6, 6.07) is 21.2. The molecule has 1 fully saturated rings. The maximum absolute atomic E-state index is 12.1. The van der Waals surface area contributed by atoms with Gasteiger partial charge in [-0.05, 0) is 48.9 Å². The van der Waals surface area contributed by atoms with Crippen molar-refractivity contribution in [1.82, 2.24) is 4.90 Å². The molecule has 2 heterocycles. The zero-order valence-corrected chi connectivity index (χ0v) is 21.2. The molecule has 0 spiro atoms. The minimum absolute atomic E-state index is 0.0599. The highest BCUT2D eigenvalue weighted by molar-refractivity contribution is 6.30. The van der Waals surface area contributed by atoms with Gasteiger partial charge in [-0.25, -0.2) is 4.99 Å². The summed E-state index contributed by atoms with van der Waals surface area (Å²) < 4.78 is 5.73. The van der Waals surface area contributed by atoms with Gasteiger partial charge in [-0.1, -0.05) is 41.9 Å². The van der Waals surface area contributed by atoms with E-state index >= 15 is 0 Å². The predicted octanol–water partition coefficient (Wildman–Crippen LogP) is 5.50. The van der Waals surface area contributed by atoms with Crippen LogP contribution in [0.25, 0.3) is 0 Å². The Labute approximate surface area is 216 Å². The first kappa shape index (κ1) is 24.0. The number of halogens is 1. The molecule has 0 bridgehead atoms. The number of hydrogen-bond donors (Lipinski definition) is 1. The molecule has 2 aliphatic rings. The van der Waals surface area contributed by atoms with Gasteiger partial charge in [0.2, 0.25) is 5.96 Å². The van der Waals surface area contributed by atoms with Crippen LogP contribution >= 0.6 is 11.6 Å². The van der Waals surface area contributed by atoms with Crippen LogP contribution < -0.4 is 14.5 Å². The lowest BCUT2D eigenvalue weighted by Gasteiger charge is -2.45. The van der Waals surface area contributed by atoms with E-state index in [9.17, 15) is 9.90 Å². The second-order valence-corrected chi connectivity index (χ2v) is 9.52. The summed E-state index contributed by atoms with van der Waals surface area (Å²) in [6.07, 6.45) is -0.0599. The van der Waals surface area contributed by atoms with Gasteiger partial charge in [0.15, 0.2) is 0 Å². The second kappa shape index (κ2) is 10.1. The Balaban J connectivity index is 1.55. The number of fused-ring (bicyclic) bond motifs is 1. The minimum Gasteiger partial charge on any atom is -0.495 e. The zero-order chi connectivity index (χ0) is 25.2. The number of piperazine rings is 1. The highest BCUT2D eigenvalue weighted by Gasteiger charge is 2.37. The third-order valence-electron chi connectivity index (χ3n) is 6.74. The molecule has 1 unspecified atom stereocenters. The van der Waals surface area contributed by atoms with E-state index in [4.69, 9.17) is 21.3 Å². The number of aliphatic imine (C=N–C) groups is 1. The smallest absolute Gasteiger partial charge is 0.305 e. The molecule has 5 rings (SSSR count). The average Bonchev–Trinajstić information content (AvgIpc) is 2.88. The SMILES string of the molecule is COc1ccc(C)cc1N1C(N2CCN(c3cccc(Cl)c3)CC2)=Nc2ccccc2C1CC(=O)O. The highest BCUT2D eigenvalue weighted by atomic mass is 35.5. The fraction of sp³-hybridized carbons (Fsp3) is 0.286. The molecule has 7 nitrogen and oxygen atoms in total. The summed E-state index contributed by atoms with van der Waals surface area (Å²) in [5.41, 5.74) is 4.67. The monoisotopic (exact) mass is 504 g/mol. The molecular weight excluding hydrogens is 476 g/mol. The normalized spacial score (nSPS) is 17.5. The third-order valence-corrected chi connectivity index (χ3v) is 6.98. The molecule has 3 aromatic rings. The summed E-state index contributed by atoms with van der Waals surface area (Å²) in [5.74, 6) is 0.564. The van der Waals surface area contributed by atoms with E-state index in [2.05, 4.69) is 20.8 Å². The maximum Gasteiger partial charge on any atom is 0.305 e. The predicted molar refractivity (Wildman–Crippen MR) is 144 cm³/mol. The highest BCUT2D eigenvalue weighted by Crippen LogP contribution is 2.43. The molecular formula is C28H29ClN4O3. The van der Waals surface area contributed by atoms with Crippen molar-refractivity contribution in [2.75, 3.05) is 43.1 Å². The van der Waals surface area contributed by atoms with E-state index in [1.54, 1.807) is 7.11 Å². The van der Waals surface area contributed by atoms with Crippen LogP contribution in [0.2, 0.25) is 5.02 Å². The van der Waals surface area contributed by atoms with Crippen molar-refractivity contribution in [3.8, 4) is 5.75 Å². The molecule has 1 atom stereocenters. The number of nitrogens with zero attached hydrogens (tertiary/aromatic N) is 4. The first-order valence-corrected chi connectivity index (χ1v) is 12.4. The lowest BCUT2D eigenvalue weighted by molar-refractivity contribution is -0.137. The lowest BCUT2D eigenvalue weighted by Crippen LogP contribution is -2.55. The first-order valence-electron chi connectivity index (χ1n) is 12.0. The number of carboxylic acids is 1. The Bertz CT molecular complexity index is 1300. The molecule has 2 aliphatic heterocycles. The van der Waals surface area contributed by atoms with E-state index in [-0.39, 0.29) is 6.42 Å². The van der Waals surface area contributed by atoms with Gasteiger partial charge in [0.1, 0.15) is 5.75 Å².